The van der Waals surface area contributed by atoms with Gasteiger partial charge < -0.3 is 14.6 Å². The van der Waals surface area contributed by atoms with Crippen LogP contribution in [0.25, 0.3) is 0 Å². The third kappa shape index (κ3) is 4.69. The molecule has 0 aliphatic rings. The van der Waals surface area contributed by atoms with Crippen LogP contribution in [-0.2, 0) is 11.3 Å². The molecule has 3 aromatic carbocycles. The Morgan fingerprint density at radius 1 is 0.967 bits per heavy atom. The summed E-state index contributed by atoms with van der Waals surface area (Å²) in [6, 6.07) is 21.3. The number of hydrogen-bond acceptors (Lipinski definition) is 3. The van der Waals surface area contributed by atoms with E-state index >= 15 is 0 Å². The molecule has 0 fully saturated rings. The molecular formula is C24H25ClO4Si. The van der Waals surface area contributed by atoms with Crippen LogP contribution in [-0.4, -0.2) is 25.2 Å². The molecule has 6 heteroatoms. The van der Waals surface area contributed by atoms with Gasteiger partial charge in [-0.25, -0.2) is 4.79 Å². The molecule has 156 valence electrons. The third-order valence-electron chi connectivity index (χ3n) is 5.02. The first kappa shape index (κ1) is 21.9. The maximum atomic E-state index is 11.6. The lowest BCUT2D eigenvalue weighted by Gasteiger charge is -2.23. The van der Waals surface area contributed by atoms with Gasteiger partial charge in [0.1, 0.15) is 17.1 Å². The molecule has 1 unspecified atom stereocenters. The van der Waals surface area contributed by atoms with E-state index in [1.807, 2.05) is 30.3 Å². The van der Waals surface area contributed by atoms with Crippen molar-refractivity contribution < 1.29 is 19.4 Å². The van der Waals surface area contributed by atoms with Gasteiger partial charge in [-0.1, -0.05) is 75.4 Å². The molecule has 0 aromatic heterocycles. The van der Waals surface area contributed by atoms with Gasteiger partial charge in [-0.2, -0.15) is 0 Å². The molecule has 3 aromatic rings. The monoisotopic (exact) mass is 440 g/mol. The number of carbonyl (C=O) groups is 1. The molecule has 0 aliphatic carbocycles. The molecule has 2 N–H and O–H groups in total. The van der Waals surface area contributed by atoms with Crippen LogP contribution in [0.3, 0.4) is 0 Å². The minimum Gasteiger partial charge on any atom is -0.537 e. The molecule has 0 amide bonds. The van der Waals surface area contributed by atoms with E-state index in [4.69, 9.17) is 16.0 Å². The standard InChI is InChI=1S/C24H25ClO4Si/c1-24(2,3)16-9-11-18(12-10-16)30(17-7-5-4-6-8-17)29-21-14-13-20(26)22(23(27)28)19(21)15-25/h4-14,26,30H,15H2,1-3H3,(H,27,28). The van der Waals surface area contributed by atoms with Crippen LogP contribution in [0, 0.1) is 0 Å². The lowest BCUT2D eigenvalue weighted by Crippen LogP contribution is -2.47. The van der Waals surface area contributed by atoms with Crippen LogP contribution in [0.5, 0.6) is 11.5 Å². The van der Waals surface area contributed by atoms with E-state index in [0.29, 0.717) is 5.75 Å². The van der Waals surface area contributed by atoms with E-state index < -0.39 is 15.0 Å². The van der Waals surface area contributed by atoms with Gasteiger partial charge in [0.05, 0.1) is 5.88 Å². The maximum absolute atomic E-state index is 11.6. The number of alkyl halides is 1. The SMILES string of the molecule is CC(C)(C)c1ccc([SiH](Oc2ccc(O)c(C(=O)O)c2CCl)c2ccccc2)cc1. The Bertz CT molecular complexity index is 1030. The molecule has 3 rings (SSSR count). The van der Waals surface area contributed by atoms with Crippen LogP contribution in [0.15, 0.2) is 66.7 Å². The van der Waals surface area contributed by atoms with Crippen LogP contribution in [0.1, 0.15) is 42.3 Å². The Morgan fingerprint density at radius 3 is 2.10 bits per heavy atom. The van der Waals surface area contributed by atoms with Crippen molar-refractivity contribution in [3.05, 3.63) is 83.4 Å². The number of phenols is 1. The van der Waals surface area contributed by atoms with Crippen molar-refractivity contribution in [2.45, 2.75) is 32.1 Å². The maximum Gasteiger partial charge on any atom is 0.339 e. The van der Waals surface area contributed by atoms with Crippen molar-refractivity contribution in [2.24, 2.45) is 0 Å². The summed E-state index contributed by atoms with van der Waals surface area (Å²) in [4.78, 5) is 11.6. The van der Waals surface area contributed by atoms with Gasteiger partial charge in [-0.05, 0) is 33.5 Å². The summed E-state index contributed by atoms with van der Waals surface area (Å²) in [6.07, 6.45) is 0. The number of benzene rings is 3. The number of carboxylic acid groups (broad SMARTS) is 1. The topological polar surface area (TPSA) is 66.8 Å². The molecular weight excluding hydrogens is 416 g/mol. The molecule has 0 saturated heterocycles. The Morgan fingerprint density at radius 2 is 1.57 bits per heavy atom. The van der Waals surface area contributed by atoms with E-state index in [1.54, 1.807) is 6.07 Å². The van der Waals surface area contributed by atoms with E-state index in [1.165, 1.54) is 11.6 Å². The summed E-state index contributed by atoms with van der Waals surface area (Å²) in [6.45, 7) is 6.50. The van der Waals surface area contributed by atoms with Crippen LogP contribution in [0.4, 0.5) is 0 Å². The average Bonchev–Trinajstić information content (AvgIpc) is 2.72. The van der Waals surface area contributed by atoms with Crippen molar-refractivity contribution >= 4 is 37.0 Å². The van der Waals surface area contributed by atoms with Gasteiger partial charge in [0.15, 0.2) is 0 Å². The molecule has 4 nitrogen and oxygen atoms in total. The molecule has 0 heterocycles. The van der Waals surface area contributed by atoms with Gasteiger partial charge in [0, 0.05) is 5.56 Å². The van der Waals surface area contributed by atoms with Gasteiger partial charge in [0.2, 0.25) is 0 Å². The predicted octanol–water partition coefficient (Wildman–Crippen LogP) is 4.04. The summed E-state index contributed by atoms with van der Waals surface area (Å²) in [5.41, 5.74) is 1.34. The summed E-state index contributed by atoms with van der Waals surface area (Å²) >= 11 is 6.06. The van der Waals surface area contributed by atoms with Crippen molar-refractivity contribution in [2.75, 3.05) is 0 Å². The lowest BCUT2D eigenvalue weighted by molar-refractivity contribution is 0.0692. The molecule has 0 radical (unpaired) electrons. The number of rotatable bonds is 6. The van der Waals surface area contributed by atoms with E-state index in [9.17, 15) is 15.0 Å². The summed E-state index contributed by atoms with van der Waals surface area (Å²) in [5, 5.41) is 21.7. The van der Waals surface area contributed by atoms with Gasteiger partial charge in [-0.15, -0.1) is 11.6 Å². The first-order valence-electron chi connectivity index (χ1n) is 9.68. The van der Waals surface area contributed by atoms with E-state index in [0.717, 1.165) is 10.4 Å². The van der Waals surface area contributed by atoms with Crippen LogP contribution >= 0.6 is 11.6 Å². The Balaban J connectivity index is 2.08. The fraction of sp³-hybridized carbons (Fsp3) is 0.208. The Labute approximate surface area is 183 Å². The van der Waals surface area contributed by atoms with Crippen molar-refractivity contribution in [3.8, 4) is 11.5 Å². The number of halogens is 1. The van der Waals surface area contributed by atoms with E-state index in [2.05, 4.69) is 45.0 Å². The molecule has 0 spiro atoms. The highest BCUT2D eigenvalue weighted by Crippen LogP contribution is 2.31. The zero-order valence-electron chi connectivity index (χ0n) is 17.2. The van der Waals surface area contributed by atoms with Gasteiger partial charge in [-0.3, -0.25) is 0 Å². The Kier molecular flexibility index (Phi) is 6.54. The van der Waals surface area contributed by atoms with Crippen molar-refractivity contribution in [3.63, 3.8) is 0 Å². The third-order valence-corrected chi connectivity index (χ3v) is 7.76. The second-order valence-electron chi connectivity index (χ2n) is 8.16. The molecule has 0 bridgehead atoms. The zero-order valence-corrected chi connectivity index (χ0v) is 19.1. The highest BCUT2D eigenvalue weighted by Gasteiger charge is 2.25. The number of carboxylic acids is 1. The second-order valence-corrected chi connectivity index (χ2v) is 10.8. The fourth-order valence-corrected chi connectivity index (χ4v) is 5.85. The molecule has 0 saturated carbocycles. The normalized spacial score (nSPS) is 12.4. The summed E-state index contributed by atoms with van der Waals surface area (Å²) in [7, 11) is -2.19. The fourth-order valence-electron chi connectivity index (χ4n) is 3.34. The second kappa shape index (κ2) is 8.94. The highest BCUT2D eigenvalue weighted by molar-refractivity contribution is 6.80. The first-order valence-corrected chi connectivity index (χ1v) is 11.8. The minimum absolute atomic E-state index is 0.0440. The predicted molar refractivity (Wildman–Crippen MR) is 123 cm³/mol. The van der Waals surface area contributed by atoms with Gasteiger partial charge in [0.25, 0.3) is 9.04 Å². The summed E-state index contributed by atoms with van der Waals surface area (Å²) in [5.74, 6) is -1.25. The number of hydrogen-bond donors (Lipinski definition) is 2. The zero-order chi connectivity index (χ0) is 21.9. The van der Waals surface area contributed by atoms with Crippen LogP contribution < -0.4 is 14.8 Å². The molecule has 1 atom stereocenters. The first-order chi connectivity index (χ1) is 14.2. The molecule has 0 aliphatic heterocycles. The minimum atomic E-state index is -2.19. The van der Waals surface area contributed by atoms with Crippen LogP contribution in [0.2, 0.25) is 0 Å². The quantitative estimate of drug-likeness (QED) is 0.448. The molecule has 30 heavy (non-hydrogen) atoms. The van der Waals surface area contributed by atoms with Crippen molar-refractivity contribution in [1.29, 1.82) is 0 Å². The summed E-state index contributed by atoms with van der Waals surface area (Å²) < 4.78 is 6.46. The number of aromatic hydroxyl groups is 1. The van der Waals surface area contributed by atoms with Gasteiger partial charge >= 0.3 is 5.97 Å². The van der Waals surface area contributed by atoms with E-state index in [-0.39, 0.29) is 28.2 Å². The largest absolute Gasteiger partial charge is 0.537 e. The Hall–Kier alpha value is -2.76. The number of aromatic carboxylic acids is 1. The van der Waals surface area contributed by atoms with Crippen molar-refractivity contribution in [1.82, 2.24) is 0 Å². The highest BCUT2D eigenvalue weighted by atomic mass is 35.5. The average molecular weight is 441 g/mol. The smallest absolute Gasteiger partial charge is 0.339 e. The lowest BCUT2D eigenvalue weighted by atomic mass is 9.87.